The molecule has 2 N–H and O–H groups in total. The number of nitrogens with one attached hydrogen (secondary N) is 1. The number of aliphatic hydroxyl groups is 1. The van der Waals surface area contributed by atoms with Gasteiger partial charge in [-0.15, -0.1) is 0 Å². The molecular formula is C24H26F2N6O3. The quantitative estimate of drug-likeness (QED) is 0.512. The molecule has 0 bridgehead atoms. The molecule has 1 saturated heterocycles. The van der Waals surface area contributed by atoms with E-state index in [0.717, 1.165) is 18.2 Å². The van der Waals surface area contributed by atoms with E-state index in [-0.39, 0.29) is 24.3 Å². The predicted octanol–water partition coefficient (Wildman–Crippen LogP) is 4.23. The number of halogens is 2. The number of aromatic nitrogens is 4. The van der Waals surface area contributed by atoms with Crippen molar-refractivity contribution in [3.63, 3.8) is 0 Å². The first-order valence-electron chi connectivity index (χ1n) is 11.1. The number of aryl methyl sites for hydroxylation is 1. The number of hydrogen-bond donors (Lipinski definition) is 2. The molecule has 4 heterocycles. The van der Waals surface area contributed by atoms with Gasteiger partial charge in [-0.2, -0.15) is 13.8 Å². The molecule has 0 saturated carbocycles. The largest absolute Gasteiger partial charge is 0.447 e. The minimum atomic E-state index is -3.04. The molecule has 1 fully saturated rings. The van der Waals surface area contributed by atoms with Crippen molar-refractivity contribution in [3.05, 3.63) is 59.8 Å². The molecular weight excluding hydrogens is 458 g/mol. The number of carbonyl (C=O) groups is 1. The smallest absolute Gasteiger partial charge is 0.416 e. The zero-order valence-corrected chi connectivity index (χ0v) is 19.7. The lowest BCUT2D eigenvalue weighted by Crippen LogP contribution is -2.41. The van der Waals surface area contributed by atoms with Crippen molar-refractivity contribution in [2.75, 3.05) is 16.8 Å². The summed E-state index contributed by atoms with van der Waals surface area (Å²) in [5, 5.41) is 13.1. The molecule has 3 aromatic heterocycles. The van der Waals surface area contributed by atoms with Gasteiger partial charge in [-0.05, 0) is 56.2 Å². The summed E-state index contributed by atoms with van der Waals surface area (Å²) >= 11 is 0. The Morgan fingerprint density at radius 3 is 2.60 bits per heavy atom. The van der Waals surface area contributed by atoms with E-state index in [0.29, 0.717) is 16.9 Å². The first kappa shape index (κ1) is 24.4. The maximum atomic E-state index is 13.7. The number of aliphatic hydroxyl groups excluding tert-OH is 1. The number of cyclic esters (lactones) is 1. The van der Waals surface area contributed by atoms with Crippen molar-refractivity contribution in [2.24, 2.45) is 0 Å². The zero-order chi connectivity index (χ0) is 25.3. The summed E-state index contributed by atoms with van der Waals surface area (Å²) in [6.07, 6.45) is 3.12. The highest BCUT2D eigenvalue weighted by Gasteiger charge is 2.38. The van der Waals surface area contributed by atoms with Gasteiger partial charge in [0.2, 0.25) is 5.95 Å². The van der Waals surface area contributed by atoms with Gasteiger partial charge in [-0.1, -0.05) is 0 Å². The Kier molecular flexibility index (Phi) is 6.62. The topological polar surface area (TPSA) is 113 Å². The lowest BCUT2D eigenvalue weighted by atomic mass is 10.0. The highest BCUT2D eigenvalue weighted by molar-refractivity contribution is 5.89. The molecule has 0 unspecified atom stereocenters. The van der Waals surface area contributed by atoms with Gasteiger partial charge in [0, 0.05) is 31.1 Å². The van der Waals surface area contributed by atoms with Crippen LogP contribution in [0.1, 0.15) is 43.8 Å². The van der Waals surface area contributed by atoms with Crippen LogP contribution in [0.2, 0.25) is 0 Å². The molecule has 0 radical (unpaired) electrons. The van der Waals surface area contributed by atoms with Gasteiger partial charge in [0.25, 0.3) is 5.92 Å². The van der Waals surface area contributed by atoms with Crippen molar-refractivity contribution in [1.82, 2.24) is 19.9 Å². The van der Waals surface area contributed by atoms with Crippen molar-refractivity contribution >= 4 is 17.9 Å². The molecule has 9 nitrogen and oxygen atoms in total. The number of alkyl halides is 2. The second-order valence-electron chi connectivity index (χ2n) is 8.60. The Labute approximate surface area is 201 Å². The van der Waals surface area contributed by atoms with E-state index in [9.17, 15) is 18.7 Å². The molecule has 0 spiro atoms. The molecule has 4 rings (SSSR count). The summed E-state index contributed by atoms with van der Waals surface area (Å²) < 4.78 is 32.4. The van der Waals surface area contributed by atoms with Gasteiger partial charge in [0.05, 0.1) is 17.8 Å². The summed E-state index contributed by atoms with van der Waals surface area (Å²) in [5.41, 5.74) is 2.56. The van der Waals surface area contributed by atoms with Gasteiger partial charge in [0.15, 0.2) is 0 Å². The fourth-order valence-corrected chi connectivity index (χ4v) is 3.92. The van der Waals surface area contributed by atoms with E-state index in [1.54, 1.807) is 25.3 Å². The number of hydrogen-bond acceptors (Lipinski definition) is 8. The van der Waals surface area contributed by atoms with E-state index < -0.39 is 24.2 Å². The maximum absolute atomic E-state index is 13.7. The van der Waals surface area contributed by atoms with Gasteiger partial charge in [0.1, 0.15) is 24.2 Å². The van der Waals surface area contributed by atoms with Crippen molar-refractivity contribution in [3.8, 4) is 11.1 Å². The van der Waals surface area contributed by atoms with E-state index in [1.807, 2.05) is 19.9 Å². The normalized spacial score (nSPS) is 17.7. The average molecular weight is 485 g/mol. The summed E-state index contributed by atoms with van der Waals surface area (Å²) in [7, 11) is 0. The zero-order valence-electron chi connectivity index (χ0n) is 19.7. The fourth-order valence-electron chi connectivity index (χ4n) is 3.92. The Bertz CT molecular complexity index is 1230. The molecule has 35 heavy (non-hydrogen) atoms. The Morgan fingerprint density at radius 1 is 1.17 bits per heavy atom. The maximum Gasteiger partial charge on any atom is 0.416 e. The first-order valence-corrected chi connectivity index (χ1v) is 11.1. The average Bonchev–Trinajstić information content (AvgIpc) is 3.20. The predicted molar refractivity (Wildman–Crippen MR) is 125 cm³/mol. The lowest BCUT2D eigenvalue weighted by molar-refractivity contribution is 0.0128. The van der Waals surface area contributed by atoms with Gasteiger partial charge < -0.3 is 15.2 Å². The molecule has 11 heteroatoms. The third-order valence-electron chi connectivity index (χ3n) is 5.77. The first-order chi connectivity index (χ1) is 16.5. The molecule has 0 aromatic carbocycles. The molecule has 0 aliphatic carbocycles. The highest BCUT2D eigenvalue weighted by atomic mass is 19.3. The van der Waals surface area contributed by atoms with Crippen LogP contribution in [0.3, 0.4) is 0 Å². The van der Waals surface area contributed by atoms with Crippen LogP contribution in [0, 0.1) is 6.92 Å². The number of carbonyl (C=O) groups excluding carboxylic acids is 1. The highest BCUT2D eigenvalue weighted by Crippen LogP contribution is 2.30. The van der Waals surface area contributed by atoms with Crippen LogP contribution in [-0.4, -0.2) is 49.9 Å². The summed E-state index contributed by atoms with van der Waals surface area (Å²) in [6.45, 7) is 6.24. The third-order valence-corrected chi connectivity index (χ3v) is 5.77. The molecule has 184 valence electrons. The molecule has 3 aromatic rings. The van der Waals surface area contributed by atoms with Gasteiger partial charge in [-0.3, -0.25) is 14.9 Å². The standard InChI is InChI=1S/C24H26F2N6O3/c1-13-9-17(16-5-7-27-19(10-16)24(4,25)26)11-29-21(13)14(2)30-22-28-8-6-20(31-22)32-18(15(3)33)12-35-23(32)34/h5-11,14-15,18,33H,12H2,1-4H3,(H,28,30,31)/t14-,15+,18+/m0/s1. The second kappa shape index (κ2) is 9.49. The van der Waals surface area contributed by atoms with Crippen LogP contribution < -0.4 is 10.2 Å². The van der Waals surface area contributed by atoms with Crippen LogP contribution in [-0.2, 0) is 10.7 Å². The number of anilines is 2. The van der Waals surface area contributed by atoms with Crippen molar-refractivity contribution in [1.29, 1.82) is 0 Å². The van der Waals surface area contributed by atoms with Crippen LogP contribution in [0.5, 0.6) is 0 Å². The number of rotatable bonds is 7. The van der Waals surface area contributed by atoms with E-state index >= 15 is 0 Å². The number of nitrogens with zero attached hydrogens (tertiary/aromatic N) is 5. The molecule has 1 amide bonds. The minimum Gasteiger partial charge on any atom is -0.447 e. The Balaban J connectivity index is 1.54. The van der Waals surface area contributed by atoms with Crippen molar-refractivity contribution < 1.29 is 23.4 Å². The summed E-state index contributed by atoms with van der Waals surface area (Å²) in [5.74, 6) is -2.45. The van der Waals surface area contributed by atoms with E-state index in [4.69, 9.17) is 4.74 Å². The summed E-state index contributed by atoms with van der Waals surface area (Å²) in [6, 6.07) is 5.62. The Morgan fingerprint density at radius 2 is 1.91 bits per heavy atom. The van der Waals surface area contributed by atoms with Gasteiger partial charge >= 0.3 is 6.09 Å². The van der Waals surface area contributed by atoms with E-state index in [2.05, 4.69) is 25.3 Å². The molecule has 1 aliphatic rings. The van der Waals surface area contributed by atoms with Crippen LogP contribution >= 0.6 is 0 Å². The molecule has 3 atom stereocenters. The monoisotopic (exact) mass is 484 g/mol. The fraction of sp³-hybridized carbons (Fsp3) is 0.375. The Hall–Kier alpha value is -3.73. The van der Waals surface area contributed by atoms with Gasteiger partial charge in [-0.25, -0.2) is 9.78 Å². The number of pyridine rings is 2. The van der Waals surface area contributed by atoms with Crippen LogP contribution in [0.25, 0.3) is 11.1 Å². The molecule has 1 aliphatic heterocycles. The minimum absolute atomic E-state index is 0.0734. The van der Waals surface area contributed by atoms with E-state index in [1.165, 1.54) is 23.4 Å². The third kappa shape index (κ3) is 5.19. The van der Waals surface area contributed by atoms with Crippen LogP contribution in [0.4, 0.5) is 25.3 Å². The number of amides is 1. The van der Waals surface area contributed by atoms with Crippen molar-refractivity contribution in [2.45, 2.75) is 51.8 Å². The summed E-state index contributed by atoms with van der Waals surface area (Å²) in [4.78, 5) is 30.4. The SMILES string of the molecule is Cc1cc(-c2ccnc(C(C)(F)F)c2)cnc1[C@H](C)Nc1nccc(N2C(=O)OC[C@@H]2[C@@H](C)O)n1. The van der Waals surface area contributed by atoms with Crippen LogP contribution in [0.15, 0.2) is 42.9 Å². The second-order valence-corrected chi connectivity index (χ2v) is 8.60. The number of ether oxygens (including phenoxy) is 1. The lowest BCUT2D eigenvalue weighted by Gasteiger charge is -2.23.